The number of nitrogens with one attached hydrogen (secondary N) is 2. The van der Waals surface area contributed by atoms with Gasteiger partial charge in [-0.05, 0) is 61.3 Å². The van der Waals surface area contributed by atoms with Gasteiger partial charge in [0.05, 0.1) is 17.0 Å². The number of carbonyl (C=O) groups excluding carboxylic acids is 2. The van der Waals surface area contributed by atoms with Crippen molar-refractivity contribution in [3.8, 4) is 0 Å². The Balaban J connectivity index is 1.81. The number of hydrogen-bond donors (Lipinski definition) is 2. The van der Waals surface area contributed by atoms with Crippen molar-refractivity contribution in [2.75, 3.05) is 11.9 Å². The highest BCUT2D eigenvalue weighted by Crippen LogP contribution is 2.40. The maximum absolute atomic E-state index is 12.5. The van der Waals surface area contributed by atoms with Crippen molar-refractivity contribution in [1.29, 1.82) is 0 Å². The van der Waals surface area contributed by atoms with Gasteiger partial charge in [0.2, 0.25) is 0 Å². The number of ether oxygens (including phenoxy) is 1. The fraction of sp³-hybridized carbons (Fsp3) is 0.389. The van der Waals surface area contributed by atoms with E-state index in [2.05, 4.69) is 17.6 Å². The summed E-state index contributed by atoms with van der Waals surface area (Å²) in [7, 11) is 0. The molecule has 0 bridgehead atoms. The van der Waals surface area contributed by atoms with Crippen molar-refractivity contribution in [2.45, 2.75) is 33.1 Å². The van der Waals surface area contributed by atoms with E-state index in [1.54, 1.807) is 13.0 Å². The maximum Gasteiger partial charge on any atom is 0.341 e. The molecule has 0 fully saturated rings. The first-order chi connectivity index (χ1) is 12.5. The average molecular weight is 409 g/mol. The van der Waals surface area contributed by atoms with Crippen LogP contribution in [0.5, 0.6) is 0 Å². The van der Waals surface area contributed by atoms with Crippen LogP contribution in [0.15, 0.2) is 17.5 Å². The first-order valence-corrected chi connectivity index (χ1v) is 10.6. The van der Waals surface area contributed by atoms with Crippen molar-refractivity contribution in [3.05, 3.63) is 38.4 Å². The standard InChI is InChI=1S/C18H20N2O3S3/c1-3-23-17(22)14-11-7-6-10(2)9-13(11)26-16(14)20-18(24)19-15(21)12-5-4-8-25-12/h4-5,8,10H,3,6-7,9H2,1-2H3,(H2,19,20,21,24). The van der Waals surface area contributed by atoms with Crippen LogP contribution in [0.2, 0.25) is 0 Å². The predicted octanol–water partition coefficient (Wildman–Crippen LogP) is 4.24. The lowest BCUT2D eigenvalue weighted by atomic mass is 9.88. The van der Waals surface area contributed by atoms with Crippen LogP contribution >= 0.6 is 34.9 Å². The van der Waals surface area contributed by atoms with Crippen LogP contribution in [0.1, 0.15) is 50.7 Å². The second-order valence-corrected chi connectivity index (χ2v) is 8.62. The minimum atomic E-state index is -0.338. The summed E-state index contributed by atoms with van der Waals surface area (Å²) < 4.78 is 5.24. The van der Waals surface area contributed by atoms with Gasteiger partial charge < -0.3 is 10.1 Å². The summed E-state index contributed by atoms with van der Waals surface area (Å²) in [6.45, 7) is 4.32. The molecule has 26 heavy (non-hydrogen) atoms. The van der Waals surface area contributed by atoms with E-state index in [0.29, 0.717) is 28.0 Å². The van der Waals surface area contributed by atoms with Crippen LogP contribution in [0.25, 0.3) is 0 Å². The van der Waals surface area contributed by atoms with Gasteiger partial charge in [0.1, 0.15) is 5.00 Å². The molecule has 8 heteroatoms. The lowest BCUT2D eigenvalue weighted by Gasteiger charge is -2.18. The molecule has 138 valence electrons. The molecule has 1 aliphatic rings. The summed E-state index contributed by atoms with van der Waals surface area (Å²) in [5.74, 6) is -0.00547. The number of fused-ring (bicyclic) bond motifs is 1. The van der Waals surface area contributed by atoms with Gasteiger partial charge in [0.25, 0.3) is 5.91 Å². The van der Waals surface area contributed by atoms with Crippen LogP contribution < -0.4 is 10.6 Å². The van der Waals surface area contributed by atoms with Crippen LogP contribution in [-0.4, -0.2) is 23.6 Å². The number of carbonyl (C=O) groups is 2. The third-order valence-electron chi connectivity index (χ3n) is 4.19. The fourth-order valence-electron chi connectivity index (χ4n) is 2.96. The van der Waals surface area contributed by atoms with E-state index in [1.807, 2.05) is 11.4 Å². The highest BCUT2D eigenvalue weighted by atomic mass is 32.1. The molecule has 0 saturated carbocycles. The predicted molar refractivity (Wildman–Crippen MR) is 109 cm³/mol. The summed E-state index contributed by atoms with van der Waals surface area (Å²) in [5, 5.41) is 8.37. The zero-order chi connectivity index (χ0) is 18.7. The van der Waals surface area contributed by atoms with Crippen LogP contribution in [-0.2, 0) is 17.6 Å². The average Bonchev–Trinajstić information content (AvgIpc) is 3.21. The van der Waals surface area contributed by atoms with E-state index in [9.17, 15) is 9.59 Å². The van der Waals surface area contributed by atoms with Crippen molar-refractivity contribution >= 4 is 56.9 Å². The summed E-state index contributed by atoms with van der Waals surface area (Å²) in [5.41, 5.74) is 1.62. The van der Waals surface area contributed by atoms with Gasteiger partial charge in [0.15, 0.2) is 5.11 Å². The number of thiocarbonyl (C=S) groups is 1. The van der Waals surface area contributed by atoms with Gasteiger partial charge in [-0.3, -0.25) is 10.1 Å². The molecule has 3 rings (SSSR count). The summed E-state index contributed by atoms with van der Waals surface area (Å²) in [4.78, 5) is 26.4. The van der Waals surface area contributed by atoms with Crippen LogP contribution in [0.3, 0.4) is 0 Å². The molecule has 2 aromatic heterocycles. The topological polar surface area (TPSA) is 67.4 Å². The summed E-state index contributed by atoms with van der Waals surface area (Å²) in [6, 6.07) is 3.54. The Morgan fingerprint density at radius 1 is 1.42 bits per heavy atom. The molecule has 2 N–H and O–H groups in total. The van der Waals surface area contributed by atoms with Gasteiger partial charge in [-0.1, -0.05) is 13.0 Å². The number of amides is 1. The van der Waals surface area contributed by atoms with Gasteiger partial charge in [0, 0.05) is 4.88 Å². The third-order valence-corrected chi connectivity index (χ3v) is 6.43. The van der Waals surface area contributed by atoms with E-state index >= 15 is 0 Å². The monoisotopic (exact) mass is 408 g/mol. The molecule has 0 radical (unpaired) electrons. The number of hydrogen-bond acceptors (Lipinski definition) is 6. The fourth-order valence-corrected chi connectivity index (χ4v) is 5.25. The van der Waals surface area contributed by atoms with Crippen LogP contribution in [0, 0.1) is 5.92 Å². The van der Waals surface area contributed by atoms with Gasteiger partial charge in [-0.15, -0.1) is 22.7 Å². The molecule has 0 aromatic carbocycles. The quantitative estimate of drug-likeness (QED) is 0.585. The lowest BCUT2D eigenvalue weighted by molar-refractivity contribution is 0.0526. The number of thiophene rings is 2. The van der Waals surface area contributed by atoms with E-state index in [4.69, 9.17) is 17.0 Å². The minimum Gasteiger partial charge on any atom is -0.462 e. The highest BCUT2D eigenvalue weighted by Gasteiger charge is 2.29. The molecule has 1 atom stereocenters. The molecule has 2 aromatic rings. The Hall–Kier alpha value is -1.77. The number of esters is 1. The normalized spacial score (nSPS) is 15.8. The second-order valence-electron chi connectivity index (χ2n) is 6.16. The van der Waals surface area contributed by atoms with Crippen molar-refractivity contribution in [3.63, 3.8) is 0 Å². The van der Waals surface area contributed by atoms with Gasteiger partial charge in [-0.25, -0.2) is 4.79 Å². The Kier molecular flexibility index (Phi) is 6.05. The Morgan fingerprint density at radius 2 is 2.23 bits per heavy atom. The molecule has 0 aliphatic heterocycles. The number of rotatable bonds is 4. The van der Waals surface area contributed by atoms with Crippen molar-refractivity contribution in [2.24, 2.45) is 5.92 Å². The Labute approximate surface area is 165 Å². The SMILES string of the molecule is CCOC(=O)c1c(NC(=S)NC(=O)c2cccs2)sc2c1CCC(C)C2. The summed E-state index contributed by atoms with van der Waals surface area (Å²) >= 11 is 8.15. The van der Waals surface area contributed by atoms with E-state index in [0.717, 1.165) is 24.8 Å². The Morgan fingerprint density at radius 3 is 2.92 bits per heavy atom. The zero-order valence-electron chi connectivity index (χ0n) is 14.6. The Bertz CT molecular complexity index is 827. The molecular weight excluding hydrogens is 388 g/mol. The molecule has 0 spiro atoms. The van der Waals surface area contributed by atoms with E-state index in [1.165, 1.54) is 27.6 Å². The van der Waals surface area contributed by atoms with Crippen molar-refractivity contribution < 1.29 is 14.3 Å². The molecule has 1 amide bonds. The molecular formula is C18H20N2O3S3. The third kappa shape index (κ3) is 4.13. The summed E-state index contributed by atoms with van der Waals surface area (Å²) in [6.07, 6.45) is 2.86. The number of anilines is 1. The molecule has 1 unspecified atom stereocenters. The highest BCUT2D eigenvalue weighted by molar-refractivity contribution is 7.80. The van der Waals surface area contributed by atoms with Gasteiger partial charge >= 0.3 is 5.97 Å². The molecule has 5 nitrogen and oxygen atoms in total. The van der Waals surface area contributed by atoms with Crippen LogP contribution in [0.4, 0.5) is 5.00 Å². The smallest absolute Gasteiger partial charge is 0.341 e. The van der Waals surface area contributed by atoms with E-state index < -0.39 is 0 Å². The molecule has 1 aliphatic carbocycles. The van der Waals surface area contributed by atoms with Crippen molar-refractivity contribution in [1.82, 2.24) is 5.32 Å². The lowest BCUT2D eigenvalue weighted by Crippen LogP contribution is -2.33. The zero-order valence-corrected chi connectivity index (χ0v) is 17.0. The molecule has 0 saturated heterocycles. The second kappa shape index (κ2) is 8.28. The first kappa shape index (κ1) is 19.0. The minimum absolute atomic E-state index is 0.181. The molecule has 2 heterocycles. The largest absolute Gasteiger partial charge is 0.462 e. The first-order valence-electron chi connectivity index (χ1n) is 8.47. The van der Waals surface area contributed by atoms with E-state index in [-0.39, 0.29) is 17.0 Å². The maximum atomic E-state index is 12.5. The van der Waals surface area contributed by atoms with Gasteiger partial charge in [-0.2, -0.15) is 0 Å².